The molecule has 0 saturated heterocycles. The molecule has 6 aromatic carbocycles. The van der Waals surface area contributed by atoms with E-state index in [0.29, 0.717) is 5.82 Å². The van der Waals surface area contributed by atoms with Gasteiger partial charge < -0.3 is 0 Å². The van der Waals surface area contributed by atoms with Crippen molar-refractivity contribution in [3.63, 3.8) is 0 Å². The molecule has 0 fully saturated rings. The lowest BCUT2D eigenvalue weighted by Gasteiger charge is -2.35. The predicted molar refractivity (Wildman–Crippen MR) is 238 cm³/mol. The van der Waals surface area contributed by atoms with Crippen molar-refractivity contribution in [1.29, 1.82) is 0 Å². The fourth-order valence-electron chi connectivity index (χ4n) is 9.31. The first kappa shape index (κ1) is 32.9. The van der Waals surface area contributed by atoms with Crippen molar-refractivity contribution in [2.45, 2.75) is 5.41 Å². The summed E-state index contributed by atoms with van der Waals surface area (Å²) in [5, 5.41) is 2.62. The molecule has 0 saturated carbocycles. The molecule has 4 nitrogen and oxygen atoms in total. The minimum atomic E-state index is -0.577. The molecular formula is C53H32N4S. The minimum absolute atomic E-state index is 0.577. The van der Waals surface area contributed by atoms with Crippen LogP contribution in [-0.2, 0) is 5.41 Å². The maximum atomic E-state index is 5.31. The van der Waals surface area contributed by atoms with Crippen LogP contribution in [0.4, 0.5) is 0 Å². The number of nitrogens with zero attached hydrogens (tertiary/aromatic N) is 4. The zero-order valence-electron chi connectivity index (χ0n) is 31.2. The highest BCUT2D eigenvalue weighted by Gasteiger charge is 2.49. The second-order valence-electron chi connectivity index (χ2n) is 15.0. The van der Waals surface area contributed by atoms with E-state index in [2.05, 4.69) is 157 Å². The summed E-state index contributed by atoms with van der Waals surface area (Å²) < 4.78 is 2.65. The normalized spacial score (nSPS) is 14.9. The van der Waals surface area contributed by atoms with Gasteiger partial charge in [0, 0.05) is 66.6 Å². The van der Waals surface area contributed by atoms with Crippen molar-refractivity contribution in [3.8, 4) is 56.3 Å². The molecule has 0 bridgehead atoms. The van der Waals surface area contributed by atoms with Gasteiger partial charge in [-0.3, -0.25) is 9.97 Å². The lowest BCUT2D eigenvalue weighted by atomic mass is 9.65. The summed E-state index contributed by atoms with van der Waals surface area (Å²) in [6, 6.07) is 59.0. The largest absolute Gasteiger partial charge is 0.264 e. The summed E-state index contributed by atoms with van der Waals surface area (Å²) in [4.78, 5) is 19.6. The van der Waals surface area contributed by atoms with E-state index in [0.717, 1.165) is 39.3 Å². The highest BCUT2D eigenvalue weighted by molar-refractivity contribution is 7.26. The molecule has 2 aliphatic rings. The van der Waals surface area contributed by atoms with Crippen molar-refractivity contribution in [3.05, 3.63) is 216 Å². The lowest BCUT2D eigenvalue weighted by Crippen LogP contribution is -2.30. The summed E-state index contributed by atoms with van der Waals surface area (Å²) in [6.07, 6.45) is 10.1. The third-order valence-electron chi connectivity index (χ3n) is 11.9. The summed E-state index contributed by atoms with van der Waals surface area (Å²) in [5.74, 6) is 0.625. The Bertz CT molecular complexity index is 3280. The zero-order valence-corrected chi connectivity index (χ0v) is 32.0. The molecule has 0 aliphatic heterocycles. The van der Waals surface area contributed by atoms with Gasteiger partial charge in [-0.2, -0.15) is 0 Å². The molecule has 4 heterocycles. The third-order valence-corrected chi connectivity index (χ3v) is 13.1. The van der Waals surface area contributed by atoms with E-state index < -0.39 is 5.41 Å². The van der Waals surface area contributed by atoms with Crippen LogP contribution in [0.3, 0.4) is 0 Å². The summed E-state index contributed by atoms with van der Waals surface area (Å²) >= 11 is 1.90. The SMILES string of the molecule is C1=Cc2ccc(-c3cc(-c4ccccc4)nc(-c4ccc(-c5cccnc5)nc4)n3)cc2C2(c3ccccc31)c1ccccc1-c1c2ccc2c1sc1ccccc12. The van der Waals surface area contributed by atoms with E-state index in [9.17, 15) is 0 Å². The summed E-state index contributed by atoms with van der Waals surface area (Å²) in [7, 11) is 0. The van der Waals surface area contributed by atoms with Gasteiger partial charge in [-0.1, -0.05) is 133 Å². The fourth-order valence-corrected chi connectivity index (χ4v) is 10.6. The summed E-state index contributed by atoms with van der Waals surface area (Å²) in [6.45, 7) is 0. The molecule has 1 unspecified atom stereocenters. The van der Waals surface area contributed by atoms with Gasteiger partial charge in [0.15, 0.2) is 5.82 Å². The van der Waals surface area contributed by atoms with Gasteiger partial charge in [-0.15, -0.1) is 11.3 Å². The zero-order chi connectivity index (χ0) is 38.2. The molecule has 58 heavy (non-hydrogen) atoms. The molecule has 12 rings (SSSR count). The Morgan fingerprint density at radius 3 is 2.03 bits per heavy atom. The maximum absolute atomic E-state index is 5.31. The van der Waals surface area contributed by atoms with Crippen LogP contribution in [0.5, 0.6) is 0 Å². The molecule has 4 aromatic heterocycles. The minimum Gasteiger partial charge on any atom is -0.264 e. The van der Waals surface area contributed by atoms with Crippen molar-refractivity contribution in [2.24, 2.45) is 0 Å². The topological polar surface area (TPSA) is 51.6 Å². The summed E-state index contributed by atoms with van der Waals surface area (Å²) in [5.41, 5.74) is 16.0. The highest BCUT2D eigenvalue weighted by atomic mass is 32.1. The van der Waals surface area contributed by atoms with Gasteiger partial charge >= 0.3 is 0 Å². The second-order valence-corrected chi connectivity index (χ2v) is 16.0. The first-order valence-corrected chi connectivity index (χ1v) is 20.3. The number of benzene rings is 6. The number of aromatic nitrogens is 4. The van der Waals surface area contributed by atoms with Crippen LogP contribution in [0.15, 0.2) is 182 Å². The smallest absolute Gasteiger partial charge is 0.161 e. The Balaban J connectivity index is 1.11. The quantitative estimate of drug-likeness (QED) is 0.179. The van der Waals surface area contributed by atoms with Crippen molar-refractivity contribution in [1.82, 2.24) is 19.9 Å². The molecule has 0 amide bonds. The molecule has 10 aromatic rings. The van der Waals surface area contributed by atoms with Gasteiger partial charge in [-0.05, 0) is 81.4 Å². The average molecular weight is 757 g/mol. The number of thiophene rings is 1. The van der Waals surface area contributed by atoms with E-state index in [4.69, 9.17) is 15.0 Å². The van der Waals surface area contributed by atoms with E-state index in [1.54, 1.807) is 6.20 Å². The third kappa shape index (κ3) is 4.87. The van der Waals surface area contributed by atoms with Crippen LogP contribution in [0.2, 0.25) is 0 Å². The van der Waals surface area contributed by atoms with Crippen LogP contribution >= 0.6 is 11.3 Å². The predicted octanol–water partition coefficient (Wildman–Crippen LogP) is 13.1. The first-order chi connectivity index (χ1) is 28.7. The molecule has 0 N–H and O–H groups in total. The van der Waals surface area contributed by atoms with Gasteiger partial charge in [0.25, 0.3) is 0 Å². The van der Waals surface area contributed by atoms with Gasteiger partial charge in [0.2, 0.25) is 0 Å². The Morgan fingerprint density at radius 2 is 1.19 bits per heavy atom. The molecule has 0 radical (unpaired) electrons. The molecular weight excluding hydrogens is 725 g/mol. The number of hydrogen-bond donors (Lipinski definition) is 0. The molecule has 1 atom stereocenters. The Morgan fingerprint density at radius 1 is 0.448 bits per heavy atom. The van der Waals surface area contributed by atoms with Gasteiger partial charge in [0.05, 0.1) is 22.5 Å². The molecule has 2 aliphatic carbocycles. The van der Waals surface area contributed by atoms with Crippen molar-refractivity contribution < 1.29 is 0 Å². The van der Waals surface area contributed by atoms with Crippen LogP contribution < -0.4 is 0 Å². The Kier molecular flexibility index (Phi) is 7.28. The van der Waals surface area contributed by atoms with E-state index >= 15 is 0 Å². The maximum Gasteiger partial charge on any atom is 0.161 e. The van der Waals surface area contributed by atoms with Crippen LogP contribution in [0.25, 0.3) is 88.6 Å². The van der Waals surface area contributed by atoms with Crippen molar-refractivity contribution >= 4 is 43.7 Å². The van der Waals surface area contributed by atoms with E-state index in [-0.39, 0.29) is 0 Å². The Hall–Kier alpha value is -7.34. The van der Waals surface area contributed by atoms with Gasteiger partial charge in [-0.25, -0.2) is 9.97 Å². The number of fused-ring (bicyclic) bond motifs is 13. The van der Waals surface area contributed by atoms with Gasteiger partial charge in [0.1, 0.15) is 0 Å². The lowest BCUT2D eigenvalue weighted by molar-refractivity contribution is 0.767. The second kappa shape index (κ2) is 12.8. The standard InChI is InChI=1S/C53H32N4S/c1-2-12-35(13-3-1)47-30-48(57-52(56-47)38-24-27-46(55-32-38)37-14-10-28-54-31-37)36-23-22-34-21-20-33-11-4-7-17-42(33)53(45(34)29-36)43-18-8-5-16-41(43)50-44(53)26-25-40-39-15-6-9-19-49(39)58-51(40)50/h1-32H. The van der Waals surface area contributed by atoms with E-state index in [1.165, 1.54) is 64.7 Å². The number of pyridine rings is 2. The monoisotopic (exact) mass is 756 g/mol. The Labute approximate surface area is 339 Å². The van der Waals surface area contributed by atoms with Crippen LogP contribution in [0.1, 0.15) is 33.4 Å². The highest BCUT2D eigenvalue weighted by Crippen LogP contribution is 2.61. The number of rotatable bonds is 4. The fraction of sp³-hybridized carbons (Fsp3) is 0.0189. The number of hydrogen-bond acceptors (Lipinski definition) is 5. The molecule has 270 valence electrons. The van der Waals surface area contributed by atoms with Crippen LogP contribution in [0, 0.1) is 0 Å². The van der Waals surface area contributed by atoms with Crippen LogP contribution in [-0.4, -0.2) is 19.9 Å². The first-order valence-electron chi connectivity index (χ1n) is 19.5. The molecule has 5 heteroatoms. The average Bonchev–Trinajstić information content (AvgIpc) is 3.78. The molecule has 1 spiro atoms. The van der Waals surface area contributed by atoms with E-state index in [1.807, 2.05) is 48.0 Å². The van der Waals surface area contributed by atoms with Crippen molar-refractivity contribution in [2.75, 3.05) is 0 Å².